The van der Waals surface area contributed by atoms with Gasteiger partial charge in [-0.1, -0.05) is 46.3 Å². The first-order valence-electron chi connectivity index (χ1n) is 6.07. The third-order valence-electron chi connectivity index (χ3n) is 2.78. The van der Waals surface area contributed by atoms with E-state index in [0.717, 1.165) is 6.42 Å². The zero-order valence-electron chi connectivity index (χ0n) is 10.7. The first-order chi connectivity index (χ1) is 9.19. The van der Waals surface area contributed by atoms with E-state index in [0.29, 0.717) is 11.0 Å². The third kappa shape index (κ3) is 3.92. The number of rotatable bonds is 5. The van der Waals surface area contributed by atoms with Crippen LogP contribution in [-0.4, -0.2) is 26.8 Å². The molecule has 0 aliphatic carbocycles. The monoisotopic (exact) mass is 321 g/mol. The molecule has 19 heavy (non-hydrogen) atoms. The highest BCUT2D eigenvalue weighted by Gasteiger charge is 2.14. The number of nitrogens with one attached hydrogen (secondary N) is 1. The summed E-state index contributed by atoms with van der Waals surface area (Å²) in [5.41, 5.74) is 1.65. The standard InChI is InChI=1S/C14H16BrN3O/c1-18-9-13(16-10-18)14(19)17-12(8-15)7-11-5-3-2-4-6-11/h2-6,9-10,12H,7-8H2,1H3,(H,17,19). The minimum Gasteiger partial charge on any atom is -0.347 e. The van der Waals surface area contributed by atoms with Crippen LogP contribution < -0.4 is 5.32 Å². The van der Waals surface area contributed by atoms with Crippen LogP contribution in [-0.2, 0) is 13.5 Å². The molecule has 0 aliphatic rings. The van der Waals surface area contributed by atoms with E-state index in [1.54, 1.807) is 17.1 Å². The summed E-state index contributed by atoms with van der Waals surface area (Å²) in [5.74, 6) is -0.138. The normalized spacial score (nSPS) is 12.1. The maximum absolute atomic E-state index is 12.0. The van der Waals surface area contributed by atoms with Gasteiger partial charge in [0.2, 0.25) is 0 Å². The van der Waals surface area contributed by atoms with Crippen LogP contribution in [0.3, 0.4) is 0 Å². The Bertz CT molecular complexity index is 539. The predicted molar refractivity (Wildman–Crippen MR) is 78.4 cm³/mol. The first kappa shape index (κ1) is 13.8. The lowest BCUT2D eigenvalue weighted by Gasteiger charge is -2.15. The van der Waals surface area contributed by atoms with Crippen molar-refractivity contribution in [2.45, 2.75) is 12.5 Å². The summed E-state index contributed by atoms with van der Waals surface area (Å²) in [7, 11) is 1.84. The Labute approximate surface area is 121 Å². The van der Waals surface area contributed by atoms with Gasteiger partial charge in [-0.25, -0.2) is 4.98 Å². The molecule has 0 bridgehead atoms. The van der Waals surface area contributed by atoms with Crippen LogP contribution in [0.2, 0.25) is 0 Å². The second-order valence-corrected chi connectivity index (χ2v) is 5.09. The Kier molecular flexibility index (Phi) is 4.74. The first-order valence-corrected chi connectivity index (χ1v) is 7.20. The molecule has 2 rings (SSSR count). The molecule has 1 amide bonds. The van der Waals surface area contributed by atoms with E-state index < -0.39 is 0 Å². The molecule has 0 spiro atoms. The van der Waals surface area contributed by atoms with Crippen LogP contribution in [0.5, 0.6) is 0 Å². The van der Waals surface area contributed by atoms with Crippen LogP contribution in [0.25, 0.3) is 0 Å². The number of nitrogens with zero attached hydrogens (tertiary/aromatic N) is 2. The van der Waals surface area contributed by atoms with Crippen LogP contribution in [0.4, 0.5) is 0 Å². The smallest absolute Gasteiger partial charge is 0.271 e. The van der Waals surface area contributed by atoms with E-state index >= 15 is 0 Å². The summed E-state index contributed by atoms with van der Waals surface area (Å²) in [4.78, 5) is 16.1. The Morgan fingerprint density at radius 1 is 1.42 bits per heavy atom. The minimum absolute atomic E-state index is 0.0527. The summed E-state index contributed by atoms with van der Waals surface area (Å²) in [6, 6.07) is 10.2. The number of halogens is 1. The van der Waals surface area contributed by atoms with Gasteiger partial charge in [0.1, 0.15) is 5.69 Å². The SMILES string of the molecule is Cn1cnc(C(=O)NC(CBr)Cc2ccccc2)c1. The highest BCUT2D eigenvalue weighted by Crippen LogP contribution is 2.06. The molecule has 5 heteroatoms. The molecule has 0 fully saturated rings. The number of hydrogen-bond donors (Lipinski definition) is 1. The maximum Gasteiger partial charge on any atom is 0.271 e. The number of benzene rings is 1. The van der Waals surface area contributed by atoms with Crippen molar-refractivity contribution >= 4 is 21.8 Å². The molecule has 0 aliphatic heterocycles. The Morgan fingerprint density at radius 3 is 2.74 bits per heavy atom. The molecule has 1 aromatic heterocycles. The predicted octanol–water partition coefficient (Wildman–Crippen LogP) is 2.16. The topological polar surface area (TPSA) is 46.9 Å². The molecule has 0 saturated carbocycles. The van der Waals surface area contributed by atoms with Crippen LogP contribution in [0.1, 0.15) is 16.1 Å². The fourth-order valence-electron chi connectivity index (χ4n) is 1.83. The highest BCUT2D eigenvalue weighted by atomic mass is 79.9. The molecule has 4 nitrogen and oxygen atoms in total. The van der Waals surface area contributed by atoms with Crippen molar-refractivity contribution in [2.24, 2.45) is 7.05 Å². The highest BCUT2D eigenvalue weighted by molar-refractivity contribution is 9.09. The quantitative estimate of drug-likeness (QED) is 0.858. The van der Waals surface area contributed by atoms with Crippen LogP contribution >= 0.6 is 15.9 Å². The molecular weight excluding hydrogens is 306 g/mol. The Balaban J connectivity index is 1.97. The van der Waals surface area contributed by atoms with Gasteiger partial charge >= 0.3 is 0 Å². The molecule has 1 aromatic carbocycles. The number of carbonyl (C=O) groups is 1. The van der Waals surface area contributed by atoms with Gasteiger partial charge in [0.15, 0.2) is 0 Å². The van der Waals surface area contributed by atoms with Crippen molar-refractivity contribution in [3.63, 3.8) is 0 Å². The van der Waals surface area contributed by atoms with Crippen molar-refractivity contribution in [1.29, 1.82) is 0 Å². The zero-order valence-corrected chi connectivity index (χ0v) is 12.3. The lowest BCUT2D eigenvalue weighted by molar-refractivity contribution is 0.0936. The Hall–Kier alpha value is -1.62. The lowest BCUT2D eigenvalue weighted by atomic mass is 10.1. The van der Waals surface area contributed by atoms with Gasteiger partial charge in [-0.05, 0) is 12.0 Å². The second-order valence-electron chi connectivity index (χ2n) is 4.44. The van der Waals surface area contributed by atoms with Gasteiger partial charge < -0.3 is 9.88 Å². The number of imidazole rings is 1. The fourth-order valence-corrected chi connectivity index (χ4v) is 2.22. The summed E-state index contributed by atoms with van der Waals surface area (Å²) < 4.78 is 1.76. The van der Waals surface area contributed by atoms with E-state index in [9.17, 15) is 4.79 Å². The third-order valence-corrected chi connectivity index (χ3v) is 3.57. The summed E-state index contributed by atoms with van der Waals surface area (Å²) in [5, 5.41) is 3.69. The number of aryl methyl sites for hydroxylation is 1. The molecule has 1 N–H and O–H groups in total. The van der Waals surface area contributed by atoms with Crippen molar-refractivity contribution in [3.8, 4) is 0 Å². The summed E-state index contributed by atoms with van der Waals surface area (Å²) >= 11 is 3.44. The molecular formula is C14H16BrN3O. The largest absolute Gasteiger partial charge is 0.347 e. The van der Waals surface area contributed by atoms with Crippen molar-refractivity contribution in [3.05, 3.63) is 54.1 Å². The number of amides is 1. The Morgan fingerprint density at radius 2 is 2.16 bits per heavy atom. The van der Waals surface area contributed by atoms with E-state index in [2.05, 4.69) is 38.4 Å². The average molecular weight is 322 g/mol. The number of aromatic nitrogens is 2. The molecule has 0 radical (unpaired) electrons. The average Bonchev–Trinajstić information content (AvgIpc) is 2.86. The molecule has 1 unspecified atom stereocenters. The van der Waals surface area contributed by atoms with Crippen molar-refractivity contribution in [1.82, 2.24) is 14.9 Å². The van der Waals surface area contributed by atoms with Gasteiger partial charge in [0.05, 0.1) is 6.33 Å². The van der Waals surface area contributed by atoms with Gasteiger partial charge in [0, 0.05) is 24.6 Å². The van der Waals surface area contributed by atoms with E-state index in [1.165, 1.54) is 5.56 Å². The van der Waals surface area contributed by atoms with Gasteiger partial charge in [-0.2, -0.15) is 0 Å². The number of hydrogen-bond acceptors (Lipinski definition) is 2. The van der Waals surface area contributed by atoms with E-state index in [-0.39, 0.29) is 11.9 Å². The maximum atomic E-state index is 12.0. The second kappa shape index (κ2) is 6.52. The zero-order chi connectivity index (χ0) is 13.7. The van der Waals surface area contributed by atoms with E-state index in [4.69, 9.17) is 0 Å². The van der Waals surface area contributed by atoms with Gasteiger partial charge in [0.25, 0.3) is 5.91 Å². The number of alkyl halides is 1. The molecule has 1 heterocycles. The molecule has 0 saturated heterocycles. The number of carbonyl (C=O) groups excluding carboxylic acids is 1. The van der Waals surface area contributed by atoms with E-state index in [1.807, 2.05) is 25.2 Å². The van der Waals surface area contributed by atoms with Crippen LogP contribution in [0, 0.1) is 0 Å². The van der Waals surface area contributed by atoms with Gasteiger partial charge in [-0.3, -0.25) is 4.79 Å². The van der Waals surface area contributed by atoms with Crippen molar-refractivity contribution < 1.29 is 4.79 Å². The van der Waals surface area contributed by atoms with Gasteiger partial charge in [-0.15, -0.1) is 0 Å². The molecule has 100 valence electrons. The van der Waals surface area contributed by atoms with Crippen LogP contribution in [0.15, 0.2) is 42.9 Å². The minimum atomic E-state index is -0.138. The van der Waals surface area contributed by atoms with Crippen molar-refractivity contribution in [2.75, 3.05) is 5.33 Å². The summed E-state index contributed by atoms with van der Waals surface area (Å²) in [6.07, 6.45) is 4.13. The molecule has 2 aromatic rings. The molecule has 1 atom stereocenters. The summed E-state index contributed by atoms with van der Waals surface area (Å²) in [6.45, 7) is 0. The lowest BCUT2D eigenvalue weighted by Crippen LogP contribution is -2.37. The fraction of sp³-hybridized carbons (Fsp3) is 0.286.